The van der Waals surface area contributed by atoms with Crippen LogP contribution in [-0.4, -0.2) is 17.0 Å². The summed E-state index contributed by atoms with van der Waals surface area (Å²) in [5.41, 5.74) is 1.82. The van der Waals surface area contributed by atoms with Crippen LogP contribution in [0.1, 0.15) is 42.5 Å². The monoisotopic (exact) mass is 230 g/mol. The van der Waals surface area contributed by atoms with Crippen LogP contribution in [0, 0.1) is 0 Å². The highest BCUT2D eigenvalue weighted by atomic mass is 16.3. The minimum Gasteiger partial charge on any atom is -0.385 e. The number of hydrogen-bond acceptors (Lipinski definition) is 2. The normalized spacial score (nSPS) is 17.4. The molecule has 0 bridgehead atoms. The first-order valence-electron chi connectivity index (χ1n) is 6.22. The lowest BCUT2D eigenvalue weighted by molar-refractivity contribution is 0.0746. The summed E-state index contributed by atoms with van der Waals surface area (Å²) >= 11 is 0. The fourth-order valence-corrected chi connectivity index (χ4v) is 2.23. The van der Waals surface area contributed by atoms with Crippen LogP contribution in [0.5, 0.6) is 0 Å². The van der Waals surface area contributed by atoms with E-state index in [0.717, 1.165) is 12.8 Å². The number of rotatable bonds is 4. The molecule has 1 unspecified atom stereocenters. The van der Waals surface area contributed by atoms with Gasteiger partial charge in [0.2, 0.25) is 0 Å². The van der Waals surface area contributed by atoms with Crippen molar-refractivity contribution in [3.63, 3.8) is 0 Å². The van der Waals surface area contributed by atoms with Gasteiger partial charge in [0.1, 0.15) is 6.10 Å². The van der Waals surface area contributed by atoms with Crippen LogP contribution in [0.4, 0.5) is 0 Å². The molecule has 1 aliphatic carbocycles. The highest BCUT2D eigenvalue weighted by Gasteiger charge is 2.18. The summed E-state index contributed by atoms with van der Waals surface area (Å²) in [6, 6.07) is 9.01. The van der Waals surface area contributed by atoms with Crippen LogP contribution in [0.25, 0.3) is 0 Å². The van der Waals surface area contributed by atoms with E-state index in [1.807, 2.05) is 18.2 Å². The number of carbonyl (C=O) groups excluding carboxylic acids is 1. The fraction of sp³-hybridized carbons (Fsp3) is 0.400. The third-order valence-corrected chi connectivity index (χ3v) is 3.20. The molecule has 0 fully saturated rings. The van der Waals surface area contributed by atoms with Crippen molar-refractivity contribution in [2.45, 2.75) is 38.2 Å². The van der Waals surface area contributed by atoms with Gasteiger partial charge in [-0.1, -0.05) is 42.0 Å². The predicted molar refractivity (Wildman–Crippen MR) is 67.9 cm³/mol. The van der Waals surface area contributed by atoms with Gasteiger partial charge in [-0.15, -0.1) is 0 Å². The Labute approximate surface area is 102 Å². The topological polar surface area (TPSA) is 37.3 Å². The molecule has 0 spiro atoms. The van der Waals surface area contributed by atoms with Crippen LogP contribution in [0.2, 0.25) is 0 Å². The smallest absolute Gasteiger partial charge is 0.191 e. The molecular formula is C15H18O2. The zero-order valence-electron chi connectivity index (χ0n) is 9.93. The molecule has 0 saturated carbocycles. The van der Waals surface area contributed by atoms with Crippen molar-refractivity contribution in [2.75, 3.05) is 0 Å². The van der Waals surface area contributed by atoms with Crippen molar-refractivity contribution >= 4 is 5.78 Å². The number of ketones is 1. The average Bonchev–Trinajstić information content (AvgIpc) is 2.40. The first-order valence-corrected chi connectivity index (χ1v) is 6.22. The van der Waals surface area contributed by atoms with Crippen molar-refractivity contribution in [3.8, 4) is 0 Å². The Hall–Kier alpha value is -1.41. The Morgan fingerprint density at radius 3 is 2.65 bits per heavy atom. The van der Waals surface area contributed by atoms with Crippen LogP contribution in [0.3, 0.4) is 0 Å². The maximum absolute atomic E-state index is 11.9. The summed E-state index contributed by atoms with van der Waals surface area (Å²) < 4.78 is 0. The third-order valence-electron chi connectivity index (χ3n) is 3.20. The molecule has 1 aromatic carbocycles. The molecule has 1 aromatic rings. The van der Waals surface area contributed by atoms with Gasteiger partial charge in [0.25, 0.3) is 0 Å². The van der Waals surface area contributed by atoms with Crippen LogP contribution in [0.15, 0.2) is 42.0 Å². The zero-order valence-corrected chi connectivity index (χ0v) is 9.93. The molecule has 2 heteroatoms. The molecule has 1 aliphatic rings. The molecule has 1 N–H and O–H groups in total. The SMILES string of the molecule is O=C(c1ccccc1)C(O)CC1=CCCCC1. The second kappa shape index (κ2) is 5.78. The zero-order chi connectivity index (χ0) is 12.1. The Balaban J connectivity index is 1.98. The van der Waals surface area contributed by atoms with Crippen molar-refractivity contribution in [3.05, 3.63) is 47.5 Å². The number of carbonyl (C=O) groups is 1. The second-order valence-corrected chi connectivity index (χ2v) is 4.56. The summed E-state index contributed by atoms with van der Waals surface area (Å²) in [6.07, 6.45) is 6.30. The molecule has 2 nitrogen and oxygen atoms in total. The average molecular weight is 230 g/mol. The van der Waals surface area contributed by atoms with E-state index >= 15 is 0 Å². The molecule has 90 valence electrons. The summed E-state index contributed by atoms with van der Waals surface area (Å²) in [7, 11) is 0. The van der Waals surface area contributed by atoms with E-state index in [2.05, 4.69) is 6.08 Å². The summed E-state index contributed by atoms with van der Waals surface area (Å²) in [4.78, 5) is 11.9. The van der Waals surface area contributed by atoms with Crippen molar-refractivity contribution in [1.29, 1.82) is 0 Å². The van der Waals surface area contributed by atoms with Crippen molar-refractivity contribution < 1.29 is 9.90 Å². The van der Waals surface area contributed by atoms with Gasteiger partial charge in [0.05, 0.1) is 0 Å². The molecular weight excluding hydrogens is 212 g/mol. The van der Waals surface area contributed by atoms with Gasteiger partial charge in [-0.3, -0.25) is 4.79 Å². The number of hydrogen-bond donors (Lipinski definition) is 1. The van der Waals surface area contributed by atoms with E-state index in [0.29, 0.717) is 12.0 Å². The molecule has 1 atom stereocenters. The first-order chi connectivity index (χ1) is 8.27. The number of aliphatic hydroxyl groups is 1. The quantitative estimate of drug-likeness (QED) is 0.637. The molecule has 0 heterocycles. The van der Waals surface area contributed by atoms with E-state index in [4.69, 9.17) is 0 Å². The molecule has 2 rings (SSSR count). The standard InChI is InChI=1S/C15H18O2/c16-14(11-12-7-3-1-4-8-12)15(17)13-9-5-2-6-10-13/h2,5-7,9-10,14,16H,1,3-4,8,11H2. The second-order valence-electron chi connectivity index (χ2n) is 4.56. The van der Waals surface area contributed by atoms with E-state index in [9.17, 15) is 9.90 Å². The van der Waals surface area contributed by atoms with Gasteiger partial charge in [-0.05, 0) is 25.7 Å². The first kappa shape index (κ1) is 12.1. The van der Waals surface area contributed by atoms with E-state index in [1.54, 1.807) is 12.1 Å². The Morgan fingerprint density at radius 2 is 2.00 bits per heavy atom. The number of aliphatic hydroxyl groups excluding tert-OH is 1. The number of benzene rings is 1. The lowest BCUT2D eigenvalue weighted by atomic mass is 9.92. The highest BCUT2D eigenvalue weighted by molar-refractivity contribution is 5.99. The minimum absolute atomic E-state index is 0.169. The van der Waals surface area contributed by atoms with Gasteiger partial charge in [-0.2, -0.15) is 0 Å². The molecule has 0 saturated heterocycles. The van der Waals surface area contributed by atoms with Crippen molar-refractivity contribution in [1.82, 2.24) is 0 Å². The largest absolute Gasteiger partial charge is 0.385 e. The molecule has 0 aliphatic heterocycles. The van der Waals surface area contributed by atoms with Crippen LogP contribution < -0.4 is 0 Å². The molecule has 0 radical (unpaired) electrons. The lowest BCUT2D eigenvalue weighted by Gasteiger charge is -2.15. The highest BCUT2D eigenvalue weighted by Crippen LogP contribution is 2.22. The predicted octanol–water partition coefficient (Wildman–Crippen LogP) is 3.12. The third kappa shape index (κ3) is 3.27. The lowest BCUT2D eigenvalue weighted by Crippen LogP contribution is -2.21. The van der Waals surface area contributed by atoms with Crippen LogP contribution >= 0.6 is 0 Å². The number of Topliss-reactive ketones (excluding diaryl/α,β-unsaturated/α-hetero) is 1. The van der Waals surface area contributed by atoms with Crippen molar-refractivity contribution in [2.24, 2.45) is 0 Å². The van der Waals surface area contributed by atoms with Gasteiger partial charge in [-0.25, -0.2) is 0 Å². The maximum Gasteiger partial charge on any atom is 0.191 e. The summed E-state index contributed by atoms with van der Waals surface area (Å²) in [6.45, 7) is 0. The van der Waals surface area contributed by atoms with Gasteiger partial charge in [0.15, 0.2) is 5.78 Å². The fourth-order valence-electron chi connectivity index (χ4n) is 2.23. The molecule has 17 heavy (non-hydrogen) atoms. The Morgan fingerprint density at radius 1 is 1.24 bits per heavy atom. The number of allylic oxidation sites excluding steroid dienone is 1. The van der Waals surface area contributed by atoms with Gasteiger partial charge < -0.3 is 5.11 Å². The van der Waals surface area contributed by atoms with Crippen LogP contribution in [-0.2, 0) is 0 Å². The summed E-state index contributed by atoms with van der Waals surface area (Å²) in [5, 5.41) is 9.93. The van der Waals surface area contributed by atoms with E-state index in [-0.39, 0.29) is 5.78 Å². The van der Waals surface area contributed by atoms with Gasteiger partial charge >= 0.3 is 0 Å². The van der Waals surface area contributed by atoms with Gasteiger partial charge in [0, 0.05) is 12.0 Å². The molecule has 0 amide bonds. The minimum atomic E-state index is -0.887. The van der Waals surface area contributed by atoms with E-state index < -0.39 is 6.10 Å². The Bertz CT molecular complexity index is 406. The summed E-state index contributed by atoms with van der Waals surface area (Å²) in [5.74, 6) is -0.169. The Kier molecular flexibility index (Phi) is 4.10. The maximum atomic E-state index is 11.9. The van der Waals surface area contributed by atoms with E-state index in [1.165, 1.54) is 18.4 Å². The molecule has 0 aromatic heterocycles.